The molecule has 0 radical (unpaired) electrons. The zero-order chi connectivity index (χ0) is 15.7. The van der Waals surface area contributed by atoms with Gasteiger partial charge in [0.05, 0.1) is 0 Å². The summed E-state index contributed by atoms with van der Waals surface area (Å²) >= 11 is 0. The quantitative estimate of drug-likeness (QED) is 0.782. The molecule has 0 atom stereocenters. The number of alkyl halides is 2. The van der Waals surface area contributed by atoms with Crippen molar-refractivity contribution in [3.05, 3.63) is 29.8 Å². The number of benzene rings is 1. The molecule has 1 aromatic carbocycles. The smallest absolute Gasteiger partial charge is 0.248 e. The number of nitrogens with zero attached hydrogens (tertiary/aromatic N) is 1. The number of hydrogen-bond donors (Lipinski definition) is 0. The number of rotatable bonds is 4. The van der Waals surface area contributed by atoms with Crippen LogP contribution in [0.2, 0.25) is 0 Å². The van der Waals surface area contributed by atoms with Crippen molar-refractivity contribution in [2.45, 2.75) is 37.7 Å². The van der Waals surface area contributed by atoms with Crippen LogP contribution in [-0.4, -0.2) is 36.6 Å². The van der Waals surface area contributed by atoms with Crippen LogP contribution in [0.4, 0.5) is 17.6 Å². The van der Waals surface area contributed by atoms with E-state index in [0.717, 1.165) is 24.7 Å². The van der Waals surface area contributed by atoms with Crippen LogP contribution in [0.15, 0.2) is 18.2 Å². The highest BCUT2D eigenvalue weighted by Gasteiger charge is 2.37. The molecule has 0 amide bonds. The summed E-state index contributed by atoms with van der Waals surface area (Å²) in [5, 5.41) is 0. The first-order chi connectivity index (χ1) is 10.4. The van der Waals surface area contributed by atoms with Crippen molar-refractivity contribution in [3.8, 4) is 5.75 Å². The van der Waals surface area contributed by atoms with Gasteiger partial charge in [-0.15, -0.1) is 0 Å². The summed E-state index contributed by atoms with van der Waals surface area (Å²) in [6, 6.07) is 3.13. The molecule has 1 saturated carbocycles. The van der Waals surface area contributed by atoms with Crippen LogP contribution in [0.25, 0.3) is 0 Å². The predicted molar refractivity (Wildman–Crippen MR) is 74.1 cm³/mol. The molecule has 0 unspecified atom stereocenters. The molecule has 122 valence electrons. The van der Waals surface area contributed by atoms with E-state index in [1.165, 1.54) is 0 Å². The lowest BCUT2D eigenvalue weighted by molar-refractivity contribution is -0.0571. The van der Waals surface area contributed by atoms with E-state index in [1.54, 1.807) is 0 Å². The number of hydrogen-bond acceptors (Lipinski definition) is 2. The van der Waals surface area contributed by atoms with Crippen molar-refractivity contribution >= 4 is 0 Å². The minimum Gasteiger partial charge on any atom is -0.488 e. The number of ether oxygens (including phenoxy) is 1. The molecule has 0 spiro atoms. The van der Waals surface area contributed by atoms with E-state index in [1.807, 2.05) is 0 Å². The van der Waals surface area contributed by atoms with Crippen LogP contribution >= 0.6 is 0 Å². The Morgan fingerprint density at radius 3 is 2.23 bits per heavy atom. The molecular weight excluding hydrogens is 298 g/mol. The maximum atomic E-state index is 13.1. The van der Waals surface area contributed by atoms with E-state index in [9.17, 15) is 17.6 Å². The van der Waals surface area contributed by atoms with Crippen molar-refractivity contribution in [3.63, 3.8) is 0 Å². The van der Waals surface area contributed by atoms with Crippen molar-refractivity contribution < 1.29 is 22.3 Å². The molecule has 6 heteroatoms. The van der Waals surface area contributed by atoms with Gasteiger partial charge in [0.15, 0.2) is 0 Å². The van der Waals surface area contributed by atoms with Gasteiger partial charge in [-0.1, -0.05) is 0 Å². The summed E-state index contributed by atoms with van der Waals surface area (Å²) in [5.41, 5.74) is 0. The van der Waals surface area contributed by atoms with Gasteiger partial charge < -0.3 is 4.74 Å². The Hall–Kier alpha value is -1.30. The standard InChI is InChI=1S/C16H19F4NO/c17-12-5-13(18)7-14(6-12)22-15-9-21(10-15)8-11-1-3-16(19,20)4-2-11/h5-7,11,15H,1-4,8-10H2. The van der Waals surface area contributed by atoms with Crippen LogP contribution in [0.5, 0.6) is 5.75 Å². The Kier molecular flexibility index (Phi) is 4.30. The maximum Gasteiger partial charge on any atom is 0.248 e. The average Bonchev–Trinajstić information content (AvgIpc) is 2.37. The Morgan fingerprint density at radius 2 is 1.64 bits per heavy atom. The topological polar surface area (TPSA) is 12.5 Å². The molecule has 0 N–H and O–H groups in total. The first-order valence-corrected chi connectivity index (χ1v) is 7.62. The number of likely N-dealkylation sites (tertiary alicyclic amines) is 1. The molecular formula is C16H19F4NO. The van der Waals surface area contributed by atoms with Gasteiger partial charge in [0.2, 0.25) is 5.92 Å². The Bertz CT molecular complexity index is 501. The first-order valence-electron chi connectivity index (χ1n) is 7.62. The molecule has 22 heavy (non-hydrogen) atoms. The molecule has 2 aliphatic rings. The summed E-state index contributed by atoms with van der Waals surface area (Å²) in [6.45, 7) is 2.14. The first kappa shape index (κ1) is 15.6. The van der Waals surface area contributed by atoms with Crippen molar-refractivity contribution in [1.82, 2.24) is 4.90 Å². The van der Waals surface area contributed by atoms with Gasteiger partial charge in [0.1, 0.15) is 23.5 Å². The average molecular weight is 317 g/mol. The van der Waals surface area contributed by atoms with Gasteiger partial charge >= 0.3 is 0 Å². The summed E-state index contributed by atoms with van der Waals surface area (Å²) in [5.74, 6) is -3.30. The summed E-state index contributed by atoms with van der Waals surface area (Å²) in [4.78, 5) is 2.15. The Labute approximate surface area is 127 Å². The normalized spacial score (nSPS) is 23.3. The highest BCUT2D eigenvalue weighted by atomic mass is 19.3. The number of halogens is 4. The van der Waals surface area contributed by atoms with E-state index in [-0.39, 0.29) is 24.7 Å². The minimum atomic E-state index is -2.49. The lowest BCUT2D eigenvalue weighted by Crippen LogP contribution is -2.55. The fourth-order valence-electron chi connectivity index (χ4n) is 3.18. The van der Waals surface area contributed by atoms with Crippen molar-refractivity contribution in [2.24, 2.45) is 5.92 Å². The van der Waals surface area contributed by atoms with E-state index < -0.39 is 17.6 Å². The van der Waals surface area contributed by atoms with Crippen LogP contribution in [0, 0.1) is 17.6 Å². The second-order valence-corrected chi connectivity index (χ2v) is 6.36. The SMILES string of the molecule is Fc1cc(F)cc(OC2CN(CC3CCC(F)(F)CC3)C2)c1. The molecule has 1 aliphatic carbocycles. The second kappa shape index (κ2) is 6.07. The fourth-order valence-corrected chi connectivity index (χ4v) is 3.18. The molecule has 2 nitrogen and oxygen atoms in total. The van der Waals surface area contributed by atoms with E-state index in [4.69, 9.17) is 4.74 Å². The maximum absolute atomic E-state index is 13.1. The van der Waals surface area contributed by atoms with E-state index in [0.29, 0.717) is 31.8 Å². The molecule has 1 saturated heterocycles. The predicted octanol–water partition coefficient (Wildman–Crippen LogP) is 3.85. The van der Waals surface area contributed by atoms with Crippen LogP contribution < -0.4 is 4.74 Å². The molecule has 1 aromatic rings. The fraction of sp³-hybridized carbons (Fsp3) is 0.625. The largest absolute Gasteiger partial charge is 0.488 e. The summed E-state index contributed by atoms with van der Waals surface area (Å²) in [7, 11) is 0. The summed E-state index contributed by atoms with van der Waals surface area (Å²) < 4.78 is 57.8. The van der Waals surface area contributed by atoms with Gasteiger partial charge in [-0.25, -0.2) is 17.6 Å². The van der Waals surface area contributed by atoms with Crippen molar-refractivity contribution in [2.75, 3.05) is 19.6 Å². The van der Waals surface area contributed by atoms with E-state index >= 15 is 0 Å². The summed E-state index contributed by atoms with van der Waals surface area (Å²) in [6.07, 6.45) is 0.988. The Morgan fingerprint density at radius 1 is 1.05 bits per heavy atom. The third-order valence-electron chi connectivity index (χ3n) is 4.42. The zero-order valence-corrected chi connectivity index (χ0v) is 12.2. The highest BCUT2D eigenvalue weighted by molar-refractivity contribution is 5.24. The highest BCUT2D eigenvalue weighted by Crippen LogP contribution is 2.36. The van der Waals surface area contributed by atoms with Crippen LogP contribution in [-0.2, 0) is 0 Å². The third-order valence-corrected chi connectivity index (χ3v) is 4.42. The molecule has 1 aliphatic heterocycles. The second-order valence-electron chi connectivity index (χ2n) is 6.36. The molecule has 0 bridgehead atoms. The third kappa shape index (κ3) is 3.91. The molecule has 3 rings (SSSR count). The van der Waals surface area contributed by atoms with Crippen LogP contribution in [0.1, 0.15) is 25.7 Å². The Balaban J connectivity index is 1.41. The molecule has 1 heterocycles. The van der Waals surface area contributed by atoms with Gasteiger partial charge in [-0.2, -0.15) is 0 Å². The van der Waals surface area contributed by atoms with Gasteiger partial charge in [0, 0.05) is 50.7 Å². The molecule has 2 fully saturated rings. The van der Waals surface area contributed by atoms with Crippen molar-refractivity contribution in [1.29, 1.82) is 0 Å². The zero-order valence-electron chi connectivity index (χ0n) is 12.2. The van der Waals surface area contributed by atoms with Gasteiger partial charge in [0.25, 0.3) is 0 Å². The lowest BCUT2D eigenvalue weighted by Gasteiger charge is -2.42. The minimum absolute atomic E-state index is 0.0198. The van der Waals surface area contributed by atoms with Gasteiger partial charge in [-0.05, 0) is 18.8 Å². The molecule has 0 aromatic heterocycles. The lowest BCUT2D eigenvalue weighted by atomic mass is 9.86. The van der Waals surface area contributed by atoms with Gasteiger partial charge in [-0.3, -0.25) is 4.90 Å². The van der Waals surface area contributed by atoms with Crippen LogP contribution in [0.3, 0.4) is 0 Å². The van der Waals surface area contributed by atoms with E-state index in [2.05, 4.69) is 4.90 Å². The monoisotopic (exact) mass is 317 g/mol.